The Balaban J connectivity index is 4.24. The molecule has 55 heavy (non-hydrogen) atoms. The van der Waals surface area contributed by atoms with Gasteiger partial charge in [-0.1, -0.05) is 220 Å². The van der Waals surface area contributed by atoms with Crippen LogP contribution in [-0.2, 0) is 28.5 Å². The first-order valence-corrected chi connectivity index (χ1v) is 23.9. The highest BCUT2D eigenvalue weighted by molar-refractivity contribution is 5.99. The fourth-order valence-corrected chi connectivity index (χ4v) is 7.10. The van der Waals surface area contributed by atoms with Crippen molar-refractivity contribution in [3.8, 4) is 0 Å². The van der Waals surface area contributed by atoms with Crippen LogP contribution in [0.5, 0.6) is 0 Å². The van der Waals surface area contributed by atoms with Crippen LogP contribution in [0.25, 0.3) is 0 Å². The SMILES string of the molecule is CCCCCCCCCCCCCCCCCCOC(=O)C(OC(=O)OCCCN(CC)CC)C(=O)OCCCCCCCCCCCCCCCCCC. The highest BCUT2D eigenvalue weighted by atomic mass is 16.7. The number of carbonyl (C=O) groups is 3. The zero-order valence-corrected chi connectivity index (χ0v) is 37.0. The minimum absolute atomic E-state index is 0.143. The summed E-state index contributed by atoms with van der Waals surface area (Å²) in [4.78, 5) is 40.5. The quantitative estimate of drug-likeness (QED) is 0.0261. The molecule has 0 unspecified atom stereocenters. The lowest BCUT2D eigenvalue weighted by Gasteiger charge is -2.18. The minimum Gasteiger partial charge on any atom is -0.462 e. The molecule has 0 aromatic carbocycles. The molecule has 326 valence electrons. The second-order valence-electron chi connectivity index (χ2n) is 15.9. The highest BCUT2D eigenvalue weighted by Crippen LogP contribution is 2.16. The molecular formula is C47H91NO7. The van der Waals surface area contributed by atoms with Crippen LogP contribution >= 0.6 is 0 Å². The lowest BCUT2D eigenvalue weighted by Crippen LogP contribution is -2.38. The van der Waals surface area contributed by atoms with Crippen LogP contribution < -0.4 is 0 Å². The van der Waals surface area contributed by atoms with Crippen molar-refractivity contribution in [2.45, 2.75) is 246 Å². The van der Waals surface area contributed by atoms with Gasteiger partial charge in [-0.15, -0.1) is 0 Å². The first-order chi connectivity index (χ1) is 27.0. The molecule has 0 rings (SSSR count). The summed E-state index contributed by atoms with van der Waals surface area (Å²) in [6.45, 7) is 11.8. The molecule has 0 atom stereocenters. The molecule has 0 radical (unpaired) electrons. The second kappa shape index (κ2) is 43.3. The molecule has 0 aliphatic rings. The number of esters is 2. The van der Waals surface area contributed by atoms with Gasteiger partial charge in [-0.3, -0.25) is 0 Å². The van der Waals surface area contributed by atoms with E-state index in [-0.39, 0.29) is 19.8 Å². The van der Waals surface area contributed by atoms with Crippen LogP contribution in [0.3, 0.4) is 0 Å². The second-order valence-corrected chi connectivity index (χ2v) is 15.9. The van der Waals surface area contributed by atoms with Crippen molar-refractivity contribution in [1.82, 2.24) is 4.90 Å². The molecule has 0 heterocycles. The number of hydrogen-bond acceptors (Lipinski definition) is 8. The van der Waals surface area contributed by atoms with Gasteiger partial charge in [0, 0.05) is 6.54 Å². The van der Waals surface area contributed by atoms with E-state index in [4.69, 9.17) is 18.9 Å². The molecule has 0 bridgehead atoms. The molecule has 0 fully saturated rings. The van der Waals surface area contributed by atoms with Crippen LogP contribution in [0.4, 0.5) is 4.79 Å². The van der Waals surface area contributed by atoms with Crippen LogP contribution in [0.15, 0.2) is 0 Å². The van der Waals surface area contributed by atoms with Crippen molar-refractivity contribution >= 4 is 18.1 Å². The van der Waals surface area contributed by atoms with E-state index < -0.39 is 24.2 Å². The van der Waals surface area contributed by atoms with E-state index in [1.54, 1.807) is 0 Å². The van der Waals surface area contributed by atoms with Crippen molar-refractivity contribution < 1.29 is 33.3 Å². The van der Waals surface area contributed by atoms with Gasteiger partial charge in [0.25, 0.3) is 6.10 Å². The molecule has 0 aromatic heterocycles. The van der Waals surface area contributed by atoms with E-state index in [1.807, 2.05) is 0 Å². The van der Waals surface area contributed by atoms with Gasteiger partial charge in [0.05, 0.1) is 19.8 Å². The highest BCUT2D eigenvalue weighted by Gasteiger charge is 2.34. The van der Waals surface area contributed by atoms with Crippen molar-refractivity contribution in [3.63, 3.8) is 0 Å². The normalized spacial score (nSPS) is 11.4. The third-order valence-corrected chi connectivity index (χ3v) is 10.9. The number of carbonyl (C=O) groups excluding carboxylic acids is 3. The summed E-state index contributed by atoms with van der Waals surface area (Å²) >= 11 is 0. The number of rotatable bonds is 43. The van der Waals surface area contributed by atoms with Gasteiger partial charge < -0.3 is 23.8 Å². The van der Waals surface area contributed by atoms with Crippen LogP contribution in [-0.4, -0.2) is 68.6 Å². The largest absolute Gasteiger partial charge is 0.509 e. The van der Waals surface area contributed by atoms with Gasteiger partial charge in [0.15, 0.2) is 0 Å². The molecule has 0 aromatic rings. The molecule has 0 aliphatic heterocycles. The van der Waals surface area contributed by atoms with Crippen LogP contribution in [0.2, 0.25) is 0 Å². The number of hydrogen-bond donors (Lipinski definition) is 0. The monoisotopic (exact) mass is 782 g/mol. The number of unbranched alkanes of at least 4 members (excludes halogenated alkanes) is 30. The van der Waals surface area contributed by atoms with Crippen molar-refractivity contribution in [1.29, 1.82) is 0 Å². The molecule has 0 spiro atoms. The number of nitrogens with zero attached hydrogens (tertiary/aromatic N) is 1. The molecule has 8 nitrogen and oxygen atoms in total. The van der Waals surface area contributed by atoms with Crippen LogP contribution in [0, 0.1) is 0 Å². The maximum atomic E-state index is 12.9. The summed E-state index contributed by atoms with van der Waals surface area (Å²) < 4.78 is 21.1. The maximum absolute atomic E-state index is 12.9. The molecule has 8 heteroatoms. The third kappa shape index (κ3) is 37.5. The van der Waals surface area contributed by atoms with Crippen molar-refractivity contribution in [2.24, 2.45) is 0 Å². The van der Waals surface area contributed by atoms with Crippen molar-refractivity contribution in [2.75, 3.05) is 39.5 Å². The Morgan fingerprint density at radius 3 is 0.927 bits per heavy atom. The maximum Gasteiger partial charge on any atom is 0.509 e. The van der Waals surface area contributed by atoms with E-state index >= 15 is 0 Å². The summed E-state index contributed by atoms with van der Waals surface area (Å²) in [5.74, 6) is -1.78. The van der Waals surface area contributed by atoms with Gasteiger partial charge >= 0.3 is 18.1 Å². The van der Waals surface area contributed by atoms with Gasteiger partial charge in [0.1, 0.15) is 0 Å². The average Bonchev–Trinajstić information content (AvgIpc) is 3.19. The van der Waals surface area contributed by atoms with Gasteiger partial charge in [-0.25, -0.2) is 14.4 Å². The summed E-state index contributed by atoms with van der Waals surface area (Å²) in [6.07, 6.45) is 38.2. The van der Waals surface area contributed by atoms with Gasteiger partial charge in [-0.05, 0) is 32.4 Å². The van der Waals surface area contributed by atoms with E-state index in [1.165, 1.54) is 167 Å². The van der Waals surface area contributed by atoms with Crippen molar-refractivity contribution in [3.05, 3.63) is 0 Å². The van der Waals surface area contributed by atoms with E-state index in [0.29, 0.717) is 19.3 Å². The zero-order valence-electron chi connectivity index (χ0n) is 37.0. The molecule has 0 saturated carbocycles. The third-order valence-electron chi connectivity index (χ3n) is 10.9. The molecule has 0 saturated heterocycles. The fraction of sp³-hybridized carbons (Fsp3) is 0.936. The van der Waals surface area contributed by atoms with Gasteiger partial charge in [-0.2, -0.15) is 0 Å². The minimum atomic E-state index is -1.77. The van der Waals surface area contributed by atoms with Gasteiger partial charge in [0.2, 0.25) is 0 Å². The Bertz CT molecular complexity index is 784. The summed E-state index contributed by atoms with van der Waals surface area (Å²) in [7, 11) is 0. The smallest absolute Gasteiger partial charge is 0.462 e. The molecule has 0 amide bonds. The molecular weight excluding hydrogens is 691 g/mol. The standard InChI is InChI=1S/C47H91NO7/c1-5-9-11-13-15-17-19-21-23-25-27-29-31-33-35-37-41-52-45(49)44(55-47(51)54-43-39-40-48(7-3)8-4)46(50)53-42-38-36-34-32-30-28-26-24-22-20-18-16-14-12-10-6-2/h44H,5-43H2,1-4H3. The zero-order chi connectivity index (χ0) is 40.3. The topological polar surface area (TPSA) is 91.4 Å². The Morgan fingerprint density at radius 1 is 0.364 bits per heavy atom. The predicted molar refractivity (Wildman–Crippen MR) is 230 cm³/mol. The fourth-order valence-electron chi connectivity index (χ4n) is 7.10. The predicted octanol–water partition coefficient (Wildman–Crippen LogP) is 13.8. The first kappa shape index (κ1) is 53.2. The summed E-state index contributed by atoms with van der Waals surface area (Å²) in [6, 6.07) is 0. The molecule has 0 N–H and O–H groups in total. The Hall–Kier alpha value is -1.83. The average molecular weight is 782 g/mol. The lowest BCUT2D eigenvalue weighted by molar-refractivity contribution is -0.170. The van der Waals surface area contributed by atoms with E-state index in [9.17, 15) is 14.4 Å². The first-order valence-electron chi connectivity index (χ1n) is 23.9. The summed E-state index contributed by atoms with van der Waals surface area (Å²) in [5.41, 5.74) is 0. The van der Waals surface area contributed by atoms with Crippen LogP contribution in [0.1, 0.15) is 240 Å². The Morgan fingerprint density at radius 2 is 0.636 bits per heavy atom. The Kier molecular flexibility index (Phi) is 41.9. The molecule has 0 aliphatic carbocycles. The van der Waals surface area contributed by atoms with E-state index in [2.05, 4.69) is 32.6 Å². The van der Waals surface area contributed by atoms with E-state index in [0.717, 1.165) is 45.3 Å². The number of ether oxygens (including phenoxy) is 4. The Labute approximate surface area is 340 Å². The summed E-state index contributed by atoms with van der Waals surface area (Å²) in [5, 5.41) is 0. The lowest BCUT2D eigenvalue weighted by atomic mass is 10.0.